The lowest BCUT2D eigenvalue weighted by Gasteiger charge is -1.99. The first kappa shape index (κ1) is 13.4. The first-order valence-corrected chi connectivity index (χ1v) is 6.42. The van der Waals surface area contributed by atoms with Crippen LogP contribution >= 0.6 is 49.3 Å². The molecule has 0 radical (unpaired) electrons. The van der Waals surface area contributed by atoms with Gasteiger partial charge in [0, 0.05) is 22.6 Å². The minimum Gasteiger partial charge on any atom is -0.258 e. The van der Waals surface area contributed by atoms with Crippen molar-refractivity contribution in [1.29, 1.82) is 0 Å². The summed E-state index contributed by atoms with van der Waals surface area (Å²) in [7, 11) is 0. The third-order valence-corrected chi connectivity index (χ3v) is 4.54. The van der Waals surface area contributed by atoms with Crippen LogP contribution in [0.5, 0.6) is 0 Å². The third-order valence-electron chi connectivity index (χ3n) is 2.46. The normalized spacial score (nSPS) is 10.5. The monoisotopic (exact) mass is 311 g/mol. The largest absolute Gasteiger partial charge is 0.269 e. The summed E-state index contributed by atoms with van der Waals surface area (Å²) in [6.45, 7) is 0. The lowest BCUT2D eigenvalue weighted by atomic mass is 10.1. The molecule has 90 valence electrons. The molecule has 2 rings (SSSR count). The Morgan fingerprint density at radius 2 is 1.56 bits per heavy atom. The van der Waals surface area contributed by atoms with E-state index < -0.39 is 4.92 Å². The van der Waals surface area contributed by atoms with Crippen molar-refractivity contribution < 1.29 is 4.92 Å². The highest BCUT2D eigenvalue weighted by Crippen LogP contribution is 2.32. The van der Waals surface area contributed by atoms with Crippen LogP contribution in [0.2, 0.25) is 0 Å². The number of nitrogens with zero attached hydrogens (tertiary/aromatic N) is 1. The summed E-state index contributed by atoms with van der Waals surface area (Å²) in [5.41, 5.74) is 1.44. The zero-order valence-corrected chi connectivity index (χ0v) is 12.1. The van der Waals surface area contributed by atoms with Crippen molar-refractivity contribution in [1.82, 2.24) is 0 Å². The molecule has 0 aliphatic heterocycles. The molecular weight excluding hydrogens is 306 g/mol. The predicted molar refractivity (Wildman–Crippen MR) is 80.7 cm³/mol. The van der Waals surface area contributed by atoms with E-state index in [2.05, 4.69) is 12.6 Å². The van der Waals surface area contributed by atoms with Gasteiger partial charge in [0.15, 0.2) is 0 Å². The van der Waals surface area contributed by atoms with E-state index in [9.17, 15) is 10.1 Å². The number of rotatable bonds is 2. The van der Waals surface area contributed by atoms with Gasteiger partial charge in [-0.25, -0.2) is 0 Å². The minimum atomic E-state index is -0.456. The maximum atomic E-state index is 10.6. The first-order chi connectivity index (χ1) is 8.43. The Morgan fingerprint density at radius 3 is 1.94 bits per heavy atom. The fourth-order valence-electron chi connectivity index (χ4n) is 1.56. The Kier molecular flexibility index (Phi) is 3.67. The highest BCUT2D eigenvalue weighted by Gasteiger charge is 2.12. The van der Waals surface area contributed by atoms with Crippen LogP contribution in [-0.4, -0.2) is 4.92 Å². The molecule has 0 aliphatic carbocycles. The molecule has 7 heteroatoms. The van der Waals surface area contributed by atoms with E-state index in [4.69, 9.17) is 36.7 Å². The maximum Gasteiger partial charge on any atom is 0.269 e. The Morgan fingerprint density at radius 1 is 1.00 bits per heavy atom. The van der Waals surface area contributed by atoms with Crippen LogP contribution in [0, 0.1) is 23.6 Å². The Hall–Kier alpha value is -1.02. The van der Waals surface area contributed by atoms with Crippen LogP contribution in [-0.2, 0) is 0 Å². The van der Waals surface area contributed by atoms with Crippen molar-refractivity contribution in [2.75, 3.05) is 0 Å². The second-order valence-electron chi connectivity index (χ2n) is 3.51. The average Bonchev–Trinajstić information content (AvgIpc) is 2.54. The molecule has 18 heavy (non-hydrogen) atoms. The van der Waals surface area contributed by atoms with Crippen molar-refractivity contribution in [2.45, 2.75) is 4.90 Å². The summed E-state index contributed by atoms with van der Waals surface area (Å²) in [4.78, 5) is 10.7. The molecule has 0 N–H and O–H groups in total. The molecule has 2 aromatic carbocycles. The van der Waals surface area contributed by atoms with Gasteiger partial charge in [-0.3, -0.25) is 10.1 Å². The van der Waals surface area contributed by atoms with E-state index in [1.165, 1.54) is 12.1 Å². The fraction of sp³-hybridized carbons (Fsp3) is 0. The molecular formula is C11H5NO2S4. The second kappa shape index (κ2) is 4.93. The molecule has 0 amide bonds. The van der Waals surface area contributed by atoms with Crippen molar-refractivity contribution in [3.05, 3.63) is 47.9 Å². The van der Waals surface area contributed by atoms with E-state index in [0.29, 0.717) is 24.0 Å². The molecule has 0 unspecified atom stereocenters. The van der Waals surface area contributed by atoms with Crippen molar-refractivity contribution >= 4 is 55.0 Å². The van der Waals surface area contributed by atoms with Gasteiger partial charge in [-0.2, -0.15) is 0 Å². The predicted octanol–water partition coefficient (Wildman–Crippen LogP) is 4.61. The zero-order valence-electron chi connectivity index (χ0n) is 8.75. The molecule has 0 fully saturated rings. The zero-order chi connectivity index (χ0) is 13.4. The van der Waals surface area contributed by atoms with Crippen LogP contribution < -0.4 is 0 Å². The number of non-ortho nitro benzene ring substituents is 1. The molecule has 0 bridgehead atoms. The number of nitro groups is 1. The number of hydrogen-bond donors (Lipinski definition) is 1. The molecule has 3 nitrogen and oxygen atoms in total. The lowest BCUT2D eigenvalue weighted by Crippen LogP contribution is -1.87. The molecule has 0 aliphatic rings. The first-order valence-electron chi connectivity index (χ1n) is 4.75. The van der Waals surface area contributed by atoms with E-state index >= 15 is 0 Å². The second-order valence-corrected chi connectivity index (χ2v) is 5.19. The fourth-order valence-corrected chi connectivity index (χ4v) is 2.86. The highest BCUT2D eigenvalue weighted by atomic mass is 32.1. The summed E-state index contributed by atoms with van der Waals surface area (Å²) in [5.74, 6) is 0. The summed E-state index contributed by atoms with van der Waals surface area (Å²) in [6.07, 6.45) is 0. The van der Waals surface area contributed by atoms with E-state index in [-0.39, 0.29) is 5.69 Å². The number of benzene rings is 1. The van der Waals surface area contributed by atoms with Gasteiger partial charge in [0.05, 0.1) is 18.5 Å². The molecule has 2 aromatic rings. The van der Waals surface area contributed by atoms with Crippen molar-refractivity contribution in [3.63, 3.8) is 0 Å². The van der Waals surface area contributed by atoms with Crippen molar-refractivity contribution in [3.8, 4) is 11.1 Å². The van der Waals surface area contributed by atoms with Crippen LogP contribution in [0.15, 0.2) is 29.2 Å². The van der Waals surface area contributed by atoms with Gasteiger partial charge >= 0.3 is 0 Å². The Balaban J connectivity index is 2.67. The summed E-state index contributed by atoms with van der Waals surface area (Å²) < 4.78 is 1.39. The van der Waals surface area contributed by atoms with Gasteiger partial charge in [-0.1, -0.05) is 36.7 Å². The Bertz CT molecular complexity index is 773. The number of thiol groups is 1. The van der Waals surface area contributed by atoms with Crippen molar-refractivity contribution in [2.24, 2.45) is 0 Å². The SMILES string of the molecule is O=[N+]([O-])c1ccc(-c2c(S)c(=S)c(=S)c2=S)cc1. The molecule has 0 atom stereocenters. The summed E-state index contributed by atoms with van der Waals surface area (Å²) in [6, 6.07) is 6.06. The quantitative estimate of drug-likeness (QED) is 0.379. The van der Waals surface area contributed by atoms with Crippen LogP contribution in [0.1, 0.15) is 0 Å². The highest BCUT2D eigenvalue weighted by molar-refractivity contribution is 7.81. The molecule has 0 heterocycles. The molecule has 0 saturated carbocycles. The average molecular weight is 311 g/mol. The van der Waals surface area contributed by atoms with Gasteiger partial charge in [-0.15, -0.1) is 12.6 Å². The summed E-state index contributed by atoms with van der Waals surface area (Å²) in [5, 5.41) is 10.6. The van der Waals surface area contributed by atoms with Crippen LogP contribution in [0.4, 0.5) is 5.69 Å². The van der Waals surface area contributed by atoms with E-state index in [1.54, 1.807) is 12.1 Å². The molecule has 0 aromatic heterocycles. The standard InChI is InChI=1S/C11H5NO2S4/c13-12(14)6-3-1-5(2-4-6)7-8(15)10(17)11(18)9(7)16/h1-4,15H. The smallest absolute Gasteiger partial charge is 0.258 e. The Labute approximate surface area is 123 Å². The van der Waals surface area contributed by atoms with E-state index in [0.717, 1.165) is 5.56 Å². The minimum absolute atomic E-state index is 0.0223. The van der Waals surface area contributed by atoms with Crippen LogP contribution in [0.3, 0.4) is 0 Å². The topological polar surface area (TPSA) is 43.1 Å². The molecule has 0 spiro atoms. The van der Waals surface area contributed by atoms with Gasteiger partial charge < -0.3 is 0 Å². The van der Waals surface area contributed by atoms with E-state index in [1.807, 2.05) is 0 Å². The van der Waals surface area contributed by atoms with Gasteiger partial charge in [-0.05, 0) is 17.7 Å². The number of nitro benzene ring substituents is 1. The number of hydrogen-bond acceptors (Lipinski definition) is 6. The summed E-state index contributed by atoms with van der Waals surface area (Å²) >= 11 is 19.7. The third kappa shape index (κ3) is 2.14. The van der Waals surface area contributed by atoms with Gasteiger partial charge in [0.2, 0.25) is 0 Å². The maximum absolute atomic E-state index is 10.6. The van der Waals surface area contributed by atoms with Crippen LogP contribution in [0.25, 0.3) is 11.1 Å². The lowest BCUT2D eigenvalue weighted by molar-refractivity contribution is -0.384. The van der Waals surface area contributed by atoms with Gasteiger partial charge in [0.1, 0.15) is 0 Å². The molecule has 0 saturated heterocycles. The van der Waals surface area contributed by atoms with Gasteiger partial charge in [0.25, 0.3) is 5.69 Å².